The van der Waals surface area contributed by atoms with Crippen LogP contribution in [0.15, 0.2) is 10.6 Å². The van der Waals surface area contributed by atoms with Crippen LogP contribution in [0.5, 0.6) is 0 Å². The highest BCUT2D eigenvalue weighted by Crippen LogP contribution is 2.38. The van der Waals surface area contributed by atoms with Crippen molar-refractivity contribution in [3.63, 3.8) is 0 Å². The fourth-order valence-corrected chi connectivity index (χ4v) is 2.59. The van der Waals surface area contributed by atoms with Gasteiger partial charge in [0.2, 0.25) is 0 Å². The molecule has 0 saturated heterocycles. The van der Waals surface area contributed by atoms with Gasteiger partial charge in [-0.25, -0.2) is 0 Å². The molecule has 6 heteroatoms. The van der Waals surface area contributed by atoms with E-state index in [1.54, 1.807) is 6.92 Å². The van der Waals surface area contributed by atoms with Crippen LogP contribution >= 0.6 is 0 Å². The first-order valence-electron chi connectivity index (χ1n) is 6.88. The number of rotatable bonds is 4. The molecule has 0 radical (unpaired) electrons. The normalized spacial score (nSPS) is 26.2. The van der Waals surface area contributed by atoms with Gasteiger partial charge in [0.25, 0.3) is 5.91 Å². The summed E-state index contributed by atoms with van der Waals surface area (Å²) < 4.78 is 4.84. The molecule has 1 amide bonds. The number of carbonyl (C=O) groups is 2. The van der Waals surface area contributed by atoms with E-state index in [1.807, 2.05) is 0 Å². The highest BCUT2D eigenvalue weighted by Gasteiger charge is 2.41. The lowest BCUT2D eigenvalue weighted by Crippen LogP contribution is -2.45. The molecule has 1 saturated carbocycles. The predicted molar refractivity (Wildman–Crippen MR) is 71.3 cm³/mol. The van der Waals surface area contributed by atoms with Crippen molar-refractivity contribution in [3.8, 4) is 0 Å². The summed E-state index contributed by atoms with van der Waals surface area (Å²) >= 11 is 0. The Morgan fingerprint density at radius 3 is 2.65 bits per heavy atom. The molecule has 2 rings (SSSR count). The van der Waals surface area contributed by atoms with Crippen LogP contribution in [0, 0.1) is 18.3 Å². The Balaban J connectivity index is 1.99. The smallest absolute Gasteiger partial charge is 0.311 e. The van der Waals surface area contributed by atoms with Crippen LogP contribution in [0.1, 0.15) is 48.9 Å². The van der Waals surface area contributed by atoms with Crippen LogP contribution in [0.25, 0.3) is 0 Å². The topological polar surface area (TPSA) is 92.4 Å². The van der Waals surface area contributed by atoms with Gasteiger partial charge in [-0.2, -0.15) is 0 Å². The number of aryl methyl sites for hydroxylation is 1. The number of hydrogen-bond acceptors (Lipinski definition) is 4. The third-order valence-electron chi connectivity index (χ3n) is 4.13. The molecule has 1 fully saturated rings. The molecule has 0 spiro atoms. The van der Waals surface area contributed by atoms with E-state index in [-0.39, 0.29) is 18.1 Å². The zero-order chi connectivity index (χ0) is 14.8. The Hall–Kier alpha value is -1.85. The third-order valence-corrected chi connectivity index (χ3v) is 4.13. The van der Waals surface area contributed by atoms with Gasteiger partial charge in [-0.05, 0) is 38.5 Å². The minimum absolute atomic E-state index is 0.139. The molecular weight excluding hydrogens is 260 g/mol. The van der Waals surface area contributed by atoms with Crippen molar-refractivity contribution in [2.75, 3.05) is 6.54 Å². The summed E-state index contributed by atoms with van der Waals surface area (Å²) in [4.78, 5) is 23.5. The van der Waals surface area contributed by atoms with Crippen LogP contribution in [-0.4, -0.2) is 28.7 Å². The first-order chi connectivity index (χ1) is 9.43. The van der Waals surface area contributed by atoms with Gasteiger partial charge in [-0.1, -0.05) is 12.1 Å². The highest BCUT2D eigenvalue weighted by atomic mass is 16.5. The lowest BCUT2D eigenvalue weighted by atomic mass is 9.71. The van der Waals surface area contributed by atoms with Gasteiger partial charge in [0.15, 0.2) is 5.69 Å². The summed E-state index contributed by atoms with van der Waals surface area (Å²) in [6.07, 6.45) is 2.96. The van der Waals surface area contributed by atoms with Crippen LogP contribution < -0.4 is 5.32 Å². The standard InChI is InChI=1S/C14H20N2O4/c1-9-3-5-14(6-4-9,13(18)19)8-15-12(17)11-7-10(2)20-16-11/h7,9H,3-6,8H2,1-2H3,(H,15,17)(H,18,19). The Labute approximate surface area is 117 Å². The van der Waals surface area contributed by atoms with Gasteiger partial charge in [0, 0.05) is 12.6 Å². The molecule has 1 aliphatic carbocycles. The largest absolute Gasteiger partial charge is 0.481 e. The van der Waals surface area contributed by atoms with Gasteiger partial charge >= 0.3 is 5.97 Å². The number of amides is 1. The molecule has 6 nitrogen and oxygen atoms in total. The maximum absolute atomic E-state index is 11.9. The van der Waals surface area contributed by atoms with E-state index >= 15 is 0 Å². The van der Waals surface area contributed by atoms with Gasteiger partial charge in [-0.15, -0.1) is 0 Å². The lowest BCUT2D eigenvalue weighted by Gasteiger charge is -2.35. The summed E-state index contributed by atoms with van der Waals surface area (Å²) in [5.74, 6) is -0.118. The molecular formula is C14H20N2O4. The summed E-state index contributed by atoms with van der Waals surface area (Å²) in [5, 5.41) is 15.8. The molecule has 1 aromatic heterocycles. The average Bonchev–Trinajstić information content (AvgIpc) is 2.84. The monoisotopic (exact) mass is 280 g/mol. The number of carboxylic acids is 1. The number of aromatic nitrogens is 1. The predicted octanol–water partition coefficient (Wildman–Crippen LogP) is 1.99. The molecule has 0 aliphatic heterocycles. The van der Waals surface area contributed by atoms with Gasteiger partial charge in [0.1, 0.15) is 5.76 Å². The van der Waals surface area contributed by atoms with E-state index < -0.39 is 11.4 Å². The Kier molecular flexibility index (Phi) is 4.11. The van der Waals surface area contributed by atoms with Gasteiger partial charge in [0.05, 0.1) is 5.41 Å². The van der Waals surface area contributed by atoms with E-state index in [2.05, 4.69) is 17.4 Å². The number of aliphatic carboxylic acids is 1. The van der Waals surface area contributed by atoms with Crippen molar-refractivity contribution in [2.45, 2.75) is 39.5 Å². The summed E-state index contributed by atoms with van der Waals surface area (Å²) in [6.45, 7) is 3.97. The first kappa shape index (κ1) is 14.6. The second-order valence-corrected chi connectivity index (χ2v) is 5.77. The van der Waals surface area contributed by atoms with Crippen molar-refractivity contribution >= 4 is 11.9 Å². The number of carboxylic acid groups (broad SMARTS) is 1. The van der Waals surface area contributed by atoms with Crippen molar-refractivity contribution < 1.29 is 19.2 Å². The zero-order valence-corrected chi connectivity index (χ0v) is 11.8. The molecule has 2 N–H and O–H groups in total. The Morgan fingerprint density at radius 1 is 1.50 bits per heavy atom. The minimum atomic E-state index is -0.846. The van der Waals surface area contributed by atoms with Crippen LogP contribution in [-0.2, 0) is 4.79 Å². The number of nitrogens with zero attached hydrogens (tertiary/aromatic N) is 1. The van der Waals surface area contributed by atoms with Crippen LogP contribution in [0.4, 0.5) is 0 Å². The number of carbonyl (C=O) groups excluding carboxylic acids is 1. The van der Waals surface area contributed by atoms with Gasteiger partial charge in [-0.3, -0.25) is 9.59 Å². The summed E-state index contributed by atoms with van der Waals surface area (Å²) in [6, 6.07) is 1.53. The number of hydrogen-bond donors (Lipinski definition) is 2. The van der Waals surface area contributed by atoms with E-state index in [0.29, 0.717) is 24.5 Å². The molecule has 1 heterocycles. The van der Waals surface area contributed by atoms with Crippen molar-refractivity contribution in [1.29, 1.82) is 0 Å². The van der Waals surface area contributed by atoms with Gasteiger partial charge < -0.3 is 14.9 Å². The Bertz CT molecular complexity index is 501. The molecule has 1 aliphatic rings. The second kappa shape index (κ2) is 5.64. The lowest BCUT2D eigenvalue weighted by molar-refractivity contribution is -0.151. The Morgan fingerprint density at radius 2 is 2.15 bits per heavy atom. The summed E-state index contributed by atoms with van der Waals surface area (Å²) in [5.41, 5.74) is -0.659. The molecule has 20 heavy (non-hydrogen) atoms. The zero-order valence-electron chi connectivity index (χ0n) is 11.8. The van der Waals surface area contributed by atoms with Crippen molar-refractivity contribution in [3.05, 3.63) is 17.5 Å². The SMILES string of the molecule is Cc1cc(C(=O)NCC2(C(=O)O)CCC(C)CC2)no1. The van der Waals surface area contributed by atoms with Crippen LogP contribution in [0.2, 0.25) is 0 Å². The molecule has 1 aromatic rings. The molecule has 0 unspecified atom stereocenters. The fourth-order valence-electron chi connectivity index (χ4n) is 2.59. The number of nitrogens with one attached hydrogen (secondary N) is 1. The van der Waals surface area contributed by atoms with E-state index in [4.69, 9.17) is 4.52 Å². The maximum Gasteiger partial charge on any atom is 0.311 e. The van der Waals surface area contributed by atoms with E-state index in [9.17, 15) is 14.7 Å². The van der Waals surface area contributed by atoms with Crippen molar-refractivity contribution in [1.82, 2.24) is 10.5 Å². The first-order valence-corrected chi connectivity index (χ1v) is 6.88. The maximum atomic E-state index is 11.9. The molecule has 0 aromatic carbocycles. The molecule has 0 atom stereocenters. The van der Waals surface area contributed by atoms with E-state index in [0.717, 1.165) is 12.8 Å². The average molecular weight is 280 g/mol. The molecule has 0 bridgehead atoms. The van der Waals surface area contributed by atoms with Crippen LogP contribution in [0.3, 0.4) is 0 Å². The van der Waals surface area contributed by atoms with Crippen molar-refractivity contribution in [2.24, 2.45) is 11.3 Å². The molecule has 110 valence electrons. The highest BCUT2D eigenvalue weighted by molar-refractivity contribution is 5.92. The second-order valence-electron chi connectivity index (χ2n) is 5.77. The quantitative estimate of drug-likeness (QED) is 0.880. The third kappa shape index (κ3) is 3.00. The van der Waals surface area contributed by atoms with E-state index in [1.165, 1.54) is 6.07 Å². The fraction of sp³-hybridized carbons (Fsp3) is 0.643. The minimum Gasteiger partial charge on any atom is -0.481 e. The summed E-state index contributed by atoms with van der Waals surface area (Å²) in [7, 11) is 0.